The Morgan fingerprint density at radius 3 is 2.75 bits per heavy atom. The fourth-order valence-electron chi connectivity index (χ4n) is 2.63. The first-order valence-electron chi connectivity index (χ1n) is 6.37. The molecular formula is C12H22N2O2. The smallest absolute Gasteiger partial charge is 0.304 e. The van der Waals surface area contributed by atoms with E-state index >= 15 is 0 Å². The zero-order valence-electron chi connectivity index (χ0n) is 9.98. The van der Waals surface area contributed by atoms with Crippen molar-refractivity contribution >= 4 is 5.97 Å². The van der Waals surface area contributed by atoms with Crippen molar-refractivity contribution < 1.29 is 9.90 Å². The second-order valence-corrected chi connectivity index (χ2v) is 5.17. The van der Waals surface area contributed by atoms with Gasteiger partial charge in [0.05, 0.1) is 6.42 Å². The third kappa shape index (κ3) is 3.19. The lowest BCUT2D eigenvalue weighted by Gasteiger charge is -2.30. The second-order valence-electron chi connectivity index (χ2n) is 5.17. The van der Waals surface area contributed by atoms with Crippen LogP contribution in [0.25, 0.3) is 0 Å². The van der Waals surface area contributed by atoms with Crippen LogP contribution < -0.4 is 5.32 Å². The molecule has 1 heterocycles. The average molecular weight is 226 g/mol. The van der Waals surface area contributed by atoms with Crippen molar-refractivity contribution in [1.82, 2.24) is 10.2 Å². The zero-order valence-corrected chi connectivity index (χ0v) is 9.98. The first kappa shape index (κ1) is 11.9. The lowest BCUT2D eigenvalue weighted by atomic mass is 10.1. The molecule has 1 saturated heterocycles. The van der Waals surface area contributed by atoms with Gasteiger partial charge in [-0.15, -0.1) is 0 Å². The summed E-state index contributed by atoms with van der Waals surface area (Å²) in [5.74, 6) is -0.683. The predicted octanol–water partition coefficient (Wildman–Crippen LogP) is 1.07. The number of aliphatic carboxylic acids is 1. The largest absolute Gasteiger partial charge is 0.481 e. The summed E-state index contributed by atoms with van der Waals surface area (Å²) in [7, 11) is 0. The van der Waals surface area contributed by atoms with E-state index < -0.39 is 5.97 Å². The number of carboxylic acids is 1. The second kappa shape index (κ2) is 5.15. The van der Waals surface area contributed by atoms with Gasteiger partial charge in [0.1, 0.15) is 0 Å². The first-order valence-corrected chi connectivity index (χ1v) is 6.37. The number of carbonyl (C=O) groups is 1. The fourth-order valence-corrected chi connectivity index (χ4v) is 2.63. The number of hydrogen-bond donors (Lipinski definition) is 2. The zero-order chi connectivity index (χ0) is 11.5. The molecule has 2 unspecified atom stereocenters. The Morgan fingerprint density at radius 2 is 2.25 bits per heavy atom. The van der Waals surface area contributed by atoms with Crippen LogP contribution in [0, 0.1) is 0 Å². The molecule has 0 aromatic heterocycles. The van der Waals surface area contributed by atoms with Gasteiger partial charge in [-0.05, 0) is 39.2 Å². The molecule has 16 heavy (non-hydrogen) atoms. The van der Waals surface area contributed by atoms with Crippen LogP contribution in [0.2, 0.25) is 0 Å². The van der Waals surface area contributed by atoms with Crippen molar-refractivity contribution in [2.24, 2.45) is 0 Å². The molecule has 0 aromatic rings. The highest BCUT2D eigenvalue weighted by Crippen LogP contribution is 2.30. The molecule has 0 bridgehead atoms. The van der Waals surface area contributed by atoms with E-state index in [1.165, 1.54) is 25.7 Å². The van der Waals surface area contributed by atoms with Gasteiger partial charge < -0.3 is 10.4 Å². The molecule has 2 atom stereocenters. The Kier molecular flexibility index (Phi) is 3.82. The van der Waals surface area contributed by atoms with Gasteiger partial charge in [-0.2, -0.15) is 0 Å². The van der Waals surface area contributed by atoms with Crippen LogP contribution in [0.4, 0.5) is 0 Å². The van der Waals surface area contributed by atoms with Gasteiger partial charge in [-0.25, -0.2) is 0 Å². The molecule has 1 aliphatic heterocycles. The molecule has 0 radical (unpaired) electrons. The molecule has 92 valence electrons. The van der Waals surface area contributed by atoms with Crippen LogP contribution in [0.5, 0.6) is 0 Å². The molecule has 2 aliphatic rings. The van der Waals surface area contributed by atoms with E-state index in [4.69, 9.17) is 5.11 Å². The van der Waals surface area contributed by atoms with Gasteiger partial charge in [-0.1, -0.05) is 0 Å². The summed E-state index contributed by atoms with van der Waals surface area (Å²) in [6, 6.07) is 1.40. The molecular weight excluding hydrogens is 204 g/mol. The van der Waals surface area contributed by atoms with E-state index in [1.807, 2.05) is 6.92 Å². The van der Waals surface area contributed by atoms with E-state index in [-0.39, 0.29) is 12.5 Å². The topological polar surface area (TPSA) is 52.6 Å². The van der Waals surface area contributed by atoms with Gasteiger partial charge in [0.15, 0.2) is 0 Å². The van der Waals surface area contributed by atoms with Crippen molar-refractivity contribution in [2.45, 2.75) is 57.2 Å². The van der Waals surface area contributed by atoms with Crippen LogP contribution in [0.1, 0.15) is 39.0 Å². The molecule has 0 amide bonds. The summed E-state index contributed by atoms with van der Waals surface area (Å²) >= 11 is 0. The Hall–Kier alpha value is -0.610. The van der Waals surface area contributed by atoms with Crippen molar-refractivity contribution in [1.29, 1.82) is 0 Å². The monoisotopic (exact) mass is 226 g/mol. The molecule has 2 rings (SSSR count). The van der Waals surface area contributed by atoms with Crippen LogP contribution in [0.3, 0.4) is 0 Å². The highest BCUT2D eigenvalue weighted by molar-refractivity contribution is 5.67. The van der Waals surface area contributed by atoms with Gasteiger partial charge >= 0.3 is 5.97 Å². The maximum Gasteiger partial charge on any atom is 0.304 e. The van der Waals surface area contributed by atoms with E-state index in [9.17, 15) is 4.79 Å². The molecule has 2 fully saturated rings. The van der Waals surface area contributed by atoms with Crippen molar-refractivity contribution in [2.75, 3.05) is 13.1 Å². The summed E-state index contributed by atoms with van der Waals surface area (Å²) in [6.07, 6.45) is 5.26. The normalized spacial score (nSPS) is 27.2. The number of hydrogen-bond acceptors (Lipinski definition) is 3. The predicted molar refractivity (Wildman–Crippen MR) is 62.5 cm³/mol. The van der Waals surface area contributed by atoms with E-state index in [2.05, 4.69) is 10.2 Å². The quantitative estimate of drug-likeness (QED) is 0.711. The standard InChI is InChI=1S/C12H22N2O2/c1-9(7-12(15)16)14(11-4-5-11)8-10-3-2-6-13-10/h9-11,13H,2-8H2,1H3,(H,15,16). The van der Waals surface area contributed by atoms with Crippen LogP contribution in [-0.2, 0) is 4.79 Å². The Bertz CT molecular complexity index is 247. The van der Waals surface area contributed by atoms with E-state index in [1.54, 1.807) is 0 Å². The third-order valence-electron chi connectivity index (χ3n) is 3.65. The lowest BCUT2D eigenvalue weighted by molar-refractivity contribution is -0.138. The van der Waals surface area contributed by atoms with Gasteiger partial charge in [0.2, 0.25) is 0 Å². The summed E-state index contributed by atoms with van der Waals surface area (Å²) in [5, 5.41) is 12.3. The Morgan fingerprint density at radius 1 is 1.50 bits per heavy atom. The maximum absolute atomic E-state index is 10.8. The summed E-state index contributed by atoms with van der Waals surface area (Å²) in [4.78, 5) is 13.2. The third-order valence-corrected chi connectivity index (χ3v) is 3.65. The maximum atomic E-state index is 10.8. The molecule has 4 heteroatoms. The van der Waals surface area contributed by atoms with E-state index in [0.29, 0.717) is 12.1 Å². The minimum Gasteiger partial charge on any atom is -0.481 e. The highest BCUT2D eigenvalue weighted by atomic mass is 16.4. The van der Waals surface area contributed by atoms with Crippen molar-refractivity contribution in [3.8, 4) is 0 Å². The van der Waals surface area contributed by atoms with Crippen molar-refractivity contribution in [3.05, 3.63) is 0 Å². The van der Waals surface area contributed by atoms with E-state index in [0.717, 1.165) is 13.1 Å². The number of nitrogens with zero attached hydrogens (tertiary/aromatic N) is 1. The number of rotatable bonds is 6. The number of carboxylic acid groups (broad SMARTS) is 1. The average Bonchev–Trinajstić information content (AvgIpc) is 2.91. The highest BCUT2D eigenvalue weighted by Gasteiger charge is 2.34. The van der Waals surface area contributed by atoms with Crippen LogP contribution in [0.15, 0.2) is 0 Å². The minimum absolute atomic E-state index is 0.174. The molecule has 0 spiro atoms. The summed E-state index contributed by atoms with van der Waals surface area (Å²) in [5.41, 5.74) is 0. The Labute approximate surface area is 97.0 Å². The molecule has 2 N–H and O–H groups in total. The van der Waals surface area contributed by atoms with Crippen molar-refractivity contribution in [3.63, 3.8) is 0 Å². The van der Waals surface area contributed by atoms with Crippen LogP contribution >= 0.6 is 0 Å². The van der Waals surface area contributed by atoms with Gasteiger partial charge in [0.25, 0.3) is 0 Å². The minimum atomic E-state index is -0.683. The Balaban J connectivity index is 1.85. The lowest BCUT2D eigenvalue weighted by Crippen LogP contribution is -2.44. The molecule has 1 saturated carbocycles. The first-order chi connectivity index (χ1) is 7.66. The fraction of sp³-hybridized carbons (Fsp3) is 0.917. The van der Waals surface area contributed by atoms with Gasteiger partial charge in [0, 0.05) is 24.7 Å². The molecule has 1 aliphatic carbocycles. The summed E-state index contributed by atoms with van der Waals surface area (Å²) < 4.78 is 0. The SMILES string of the molecule is CC(CC(=O)O)N(CC1CCCN1)C1CC1. The number of nitrogens with one attached hydrogen (secondary N) is 1. The van der Waals surface area contributed by atoms with Crippen LogP contribution in [-0.4, -0.2) is 47.2 Å². The molecule has 4 nitrogen and oxygen atoms in total. The summed E-state index contributed by atoms with van der Waals surface area (Å²) in [6.45, 7) is 4.19. The molecule has 0 aromatic carbocycles. The van der Waals surface area contributed by atoms with Gasteiger partial charge in [-0.3, -0.25) is 9.69 Å².